The molecule has 0 aliphatic carbocycles. The number of hydrogen-bond donors (Lipinski definition) is 0. The van der Waals surface area contributed by atoms with E-state index in [0.29, 0.717) is 10.2 Å². The van der Waals surface area contributed by atoms with E-state index in [-0.39, 0.29) is 35.8 Å². The van der Waals surface area contributed by atoms with Crippen LogP contribution < -0.4 is 5.11 Å². The molecule has 21 heavy (non-hydrogen) atoms. The van der Waals surface area contributed by atoms with E-state index < -0.39 is 15.6 Å². The van der Waals surface area contributed by atoms with Gasteiger partial charge in [-0.15, -0.1) is 0 Å². The van der Waals surface area contributed by atoms with Crippen LogP contribution in [0.5, 0.6) is 0 Å². The first-order valence-corrected chi connectivity index (χ1v) is 7.93. The standard InChI is InChI=1S/C8H13NOS2.CHF3O3S.Sn/c1-5(2)7-4-12-8(11)9(7)6(3)10;2-1(3,4)8(5,6)7;/h5,7,10H,3-4H2,1-2H3;(H,5,6,7);/q;;+2/p-2/t7-;;/m1../s1. The quantitative estimate of drug-likeness (QED) is 0.195. The average Bonchev–Trinajstić information content (AvgIpc) is 2.57. The van der Waals surface area contributed by atoms with Gasteiger partial charge in [0.05, 0.1) is 0 Å². The van der Waals surface area contributed by atoms with Gasteiger partial charge >= 0.3 is 29.4 Å². The molecule has 2 radical (unpaired) electrons. The van der Waals surface area contributed by atoms with Crippen molar-refractivity contribution in [3.05, 3.63) is 12.5 Å². The number of thioether (sulfide) groups is 1. The van der Waals surface area contributed by atoms with Gasteiger partial charge in [0, 0.05) is 11.8 Å². The van der Waals surface area contributed by atoms with Crippen LogP contribution in [0, 0.1) is 5.92 Å². The summed E-state index contributed by atoms with van der Waals surface area (Å²) < 4.78 is 59.6. The molecule has 0 aromatic heterocycles. The van der Waals surface area contributed by atoms with Crippen molar-refractivity contribution in [3.8, 4) is 0 Å². The van der Waals surface area contributed by atoms with Crippen LogP contribution in [0.25, 0.3) is 0 Å². The van der Waals surface area contributed by atoms with Crippen molar-refractivity contribution < 1.29 is 31.2 Å². The topological polar surface area (TPSA) is 83.5 Å². The molecule has 0 unspecified atom stereocenters. The van der Waals surface area contributed by atoms with Crippen LogP contribution in [0.2, 0.25) is 0 Å². The zero-order valence-corrected chi connectivity index (χ0v) is 16.3. The predicted molar refractivity (Wildman–Crippen MR) is 76.2 cm³/mol. The minimum atomic E-state index is -6.09. The summed E-state index contributed by atoms with van der Waals surface area (Å²) in [6.07, 6.45) is 0. The number of rotatable bonds is 2. The summed E-state index contributed by atoms with van der Waals surface area (Å²) in [5, 5.41) is 11.1. The van der Waals surface area contributed by atoms with Crippen molar-refractivity contribution in [3.63, 3.8) is 0 Å². The maximum Gasteiger partial charge on any atom is 2.00 e. The molecule has 0 N–H and O–H groups in total. The van der Waals surface area contributed by atoms with E-state index in [1.165, 1.54) is 0 Å². The Bertz CT molecular complexity index is 481. The molecule has 12 heteroatoms. The van der Waals surface area contributed by atoms with Crippen LogP contribution in [-0.4, -0.2) is 63.4 Å². The van der Waals surface area contributed by atoms with Gasteiger partial charge in [0.25, 0.3) is 0 Å². The molecule has 1 fully saturated rings. The molecule has 1 aliphatic heterocycles. The summed E-state index contributed by atoms with van der Waals surface area (Å²) in [4.78, 5) is 1.63. The molecule has 0 bridgehead atoms. The maximum absolute atomic E-state index is 11.1. The summed E-state index contributed by atoms with van der Waals surface area (Å²) in [6, 6.07) is 0.243. The van der Waals surface area contributed by atoms with Gasteiger partial charge in [0.15, 0.2) is 10.1 Å². The average molecular weight is 470 g/mol. The Morgan fingerprint density at radius 3 is 2.10 bits per heavy atom. The van der Waals surface area contributed by atoms with E-state index in [9.17, 15) is 18.3 Å². The summed E-state index contributed by atoms with van der Waals surface area (Å²) in [5.41, 5.74) is -5.65. The van der Waals surface area contributed by atoms with E-state index in [2.05, 4.69) is 20.4 Å². The van der Waals surface area contributed by atoms with E-state index >= 15 is 0 Å². The molecule has 0 aromatic rings. The van der Waals surface area contributed by atoms with Crippen LogP contribution in [0.1, 0.15) is 13.8 Å². The van der Waals surface area contributed by atoms with Gasteiger partial charge in [0.1, 0.15) is 4.32 Å². The van der Waals surface area contributed by atoms with Crippen LogP contribution in [-0.2, 0) is 10.1 Å². The van der Waals surface area contributed by atoms with Crippen molar-refractivity contribution in [2.45, 2.75) is 25.4 Å². The molecule has 5 nitrogen and oxygen atoms in total. The van der Waals surface area contributed by atoms with E-state index in [4.69, 9.17) is 25.2 Å². The van der Waals surface area contributed by atoms with Crippen molar-refractivity contribution in [1.29, 1.82) is 0 Å². The summed E-state index contributed by atoms with van der Waals surface area (Å²) in [6.45, 7) is 7.57. The second-order valence-electron chi connectivity index (χ2n) is 4.05. The van der Waals surface area contributed by atoms with Crippen molar-refractivity contribution in [1.82, 2.24) is 4.90 Å². The summed E-state index contributed by atoms with van der Waals surface area (Å²) >= 11 is 6.61. The molecule has 0 aromatic carbocycles. The molecular weight excluding hydrogens is 458 g/mol. The molecule has 1 aliphatic rings. The Morgan fingerprint density at radius 2 is 1.90 bits per heavy atom. The van der Waals surface area contributed by atoms with Crippen LogP contribution >= 0.6 is 24.0 Å². The van der Waals surface area contributed by atoms with Gasteiger partial charge in [-0.05, 0) is 11.8 Å². The summed E-state index contributed by atoms with van der Waals surface area (Å²) in [5.74, 6) is 1.19. The number of halogens is 3. The largest absolute Gasteiger partial charge is 2.00 e. The van der Waals surface area contributed by atoms with Crippen LogP contribution in [0.3, 0.4) is 0 Å². The monoisotopic (exact) mass is 471 g/mol. The minimum absolute atomic E-state index is 0. The minimum Gasteiger partial charge on any atom is -0.860 e. The van der Waals surface area contributed by atoms with Crippen molar-refractivity contribution >= 4 is 62.3 Å². The van der Waals surface area contributed by atoms with Crippen molar-refractivity contribution in [2.24, 2.45) is 5.92 Å². The zero-order valence-electron chi connectivity index (χ0n) is 11.0. The van der Waals surface area contributed by atoms with Gasteiger partial charge in [0.2, 0.25) is 0 Å². The first kappa shape index (κ1) is 23.5. The first-order chi connectivity index (χ1) is 8.79. The molecule has 0 saturated carbocycles. The van der Waals surface area contributed by atoms with E-state index in [0.717, 1.165) is 5.75 Å². The molecule has 0 spiro atoms. The number of alkyl halides is 3. The van der Waals surface area contributed by atoms with Gasteiger partial charge in [-0.1, -0.05) is 44.4 Å². The fraction of sp³-hybridized carbons (Fsp3) is 0.667. The summed E-state index contributed by atoms with van der Waals surface area (Å²) in [7, 11) is -6.09. The third-order valence-electron chi connectivity index (χ3n) is 2.23. The maximum atomic E-state index is 11.1. The molecule has 1 saturated heterocycles. The normalized spacial score (nSPS) is 18.9. The van der Waals surface area contributed by atoms with Crippen molar-refractivity contribution in [2.75, 3.05) is 5.75 Å². The molecular formula is C9H12F3NO4S3Sn. The Kier molecular flexibility index (Phi) is 9.86. The molecule has 1 rings (SSSR count). The second-order valence-corrected chi connectivity index (χ2v) is 7.08. The Hall–Kier alpha value is 0.279. The second kappa shape index (κ2) is 8.79. The number of nitrogens with zero attached hydrogens (tertiary/aromatic N) is 1. The fourth-order valence-corrected chi connectivity index (χ4v) is 2.88. The van der Waals surface area contributed by atoms with E-state index in [1.54, 1.807) is 16.7 Å². The third-order valence-corrected chi connectivity index (χ3v) is 4.30. The zero-order chi connectivity index (χ0) is 16.3. The Morgan fingerprint density at radius 1 is 1.52 bits per heavy atom. The third kappa shape index (κ3) is 7.39. The molecule has 1 atom stereocenters. The Labute approximate surface area is 147 Å². The smallest absolute Gasteiger partial charge is 0.860 e. The van der Waals surface area contributed by atoms with Gasteiger partial charge in [-0.25, -0.2) is 8.42 Å². The van der Waals surface area contributed by atoms with Gasteiger partial charge in [-0.2, -0.15) is 13.2 Å². The molecule has 1 heterocycles. The number of hydrogen-bond acceptors (Lipinski definition) is 6. The fourth-order valence-electron chi connectivity index (χ4n) is 1.21. The van der Waals surface area contributed by atoms with Crippen LogP contribution in [0.4, 0.5) is 13.2 Å². The SMILES string of the molecule is C=C([O-])N1C(=S)SC[C@@H]1C(C)C.O=S(=O)([O-])C(F)(F)F.[Sn+2]. The number of thiocarbonyl (C=S) groups is 1. The predicted octanol–water partition coefficient (Wildman–Crippen LogP) is 0.847. The van der Waals surface area contributed by atoms with Crippen LogP contribution in [0.15, 0.2) is 12.5 Å². The van der Waals surface area contributed by atoms with Gasteiger partial charge < -0.3 is 14.6 Å². The molecule has 0 amide bonds. The Balaban J connectivity index is 0. The molecule has 120 valence electrons. The first-order valence-electron chi connectivity index (χ1n) is 5.13. The van der Waals surface area contributed by atoms with Gasteiger partial charge in [-0.3, -0.25) is 0 Å². The van der Waals surface area contributed by atoms with E-state index in [1.807, 2.05) is 0 Å².